The lowest BCUT2D eigenvalue weighted by Crippen LogP contribution is -2.19. The average Bonchev–Trinajstić information content (AvgIpc) is 2.39. The largest absolute Gasteiger partial charge is 0.497 e. The summed E-state index contributed by atoms with van der Waals surface area (Å²) < 4.78 is 5.02. The first-order chi connectivity index (χ1) is 8.21. The highest BCUT2D eigenvalue weighted by molar-refractivity contribution is 5.95. The van der Waals surface area contributed by atoms with Crippen LogP contribution in [0.1, 0.15) is 37.0 Å². The van der Waals surface area contributed by atoms with E-state index in [4.69, 9.17) is 4.74 Å². The zero-order valence-electron chi connectivity index (χ0n) is 10.5. The van der Waals surface area contributed by atoms with Gasteiger partial charge in [0, 0.05) is 11.3 Å². The van der Waals surface area contributed by atoms with Gasteiger partial charge in [0.2, 0.25) is 0 Å². The molecule has 0 heterocycles. The van der Waals surface area contributed by atoms with Crippen LogP contribution in [-0.2, 0) is 0 Å². The third-order valence-electron chi connectivity index (χ3n) is 2.48. The van der Waals surface area contributed by atoms with Gasteiger partial charge in [-0.15, -0.1) is 0 Å². The van der Waals surface area contributed by atoms with Crippen molar-refractivity contribution in [2.24, 2.45) is 5.10 Å². The summed E-state index contributed by atoms with van der Waals surface area (Å²) in [4.78, 5) is 11.7. The highest BCUT2D eigenvalue weighted by Gasteiger charge is 2.04. The van der Waals surface area contributed by atoms with Crippen LogP contribution in [0.25, 0.3) is 0 Å². The van der Waals surface area contributed by atoms with Crippen LogP contribution in [0.2, 0.25) is 0 Å². The third kappa shape index (κ3) is 3.90. The zero-order valence-corrected chi connectivity index (χ0v) is 10.5. The van der Waals surface area contributed by atoms with Gasteiger partial charge in [0.1, 0.15) is 5.75 Å². The van der Waals surface area contributed by atoms with Gasteiger partial charge in [-0.2, -0.15) is 5.10 Å². The van der Waals surface area contributed by atoms with E-state index in [1.165, 1.54) is 0 Å². The number of nitrogens with one attached hydrogen (secondary N) is 1. The zero-order chi connectivity index (χ0) is 12.7. The smallest absolute Gasteiger partial charge is 0.271 e. The second kappa shape index (κ2) is 6.68. The molecule has 0 saturated heterocycles. The molecule has 0 fully saturated rings. The summed E-state index contributed by atoms with van der Waals surface area (Å²) >= 11 is 0. The van der Waals surface area contributed by atoms with Crippen LogP contribution in [0.5, 0.6) is 5.75 Å². The lowest BCUT2D eigenvalue weighted by molar-refractivity contribution is 0.0954. The molecule has 0 aromatic heterocycles. The van der Waals surface area contributed by atoms with Crippen LogP contribution in [-0.4, -0.2) is 18.7 Å². The molecule has 0 spiro atoms. The number of hydrogen-bond acceptors (Lipinski definition) is 3. The number of carbonyl (C=O) groups excluding carboxylic acids is 1. The number of hydrogen-bond donors (Lipinski definition) is 1. The molecule has 4 heteroatoms. The monoisotopic (exact) mass is 234 g/mol. The Kier molecular flexibility index (Phi) is 5.20. The van der Waals surface area contributed by atoms with E-state index in [1.54, 1.807) is 31.4 Å². The molecular formula is C13H18N2O2. The Bertz CT molecular complexity index is 390. The summed E-state index contributed by atoms with van der Waals surface area (Å²) in [5.41, 5.74) is 4.10. The minimum Gasteiger partial charge on any atom is -0.497 e. The summed E-state index contributed by atoms with van der Waals surface area (Å²) in [5, 5.41) is 4.07. The number of nitrogens with zero attached hydrogens (tertiary/aromatic N) is 1. The summed E-state index contributed by atoms with van der Waals surface area (Å²) in [6.45, 7) is 4.03. The normalized spacial score (nSPS) is 9.59. The lowest BCUT2D eigenvalue weighted by Gasteiger charge is -2.04. The topological polar surface area (TPSA) is 50.7 Å². The van der Waals surface area contributed by atoms with Crippen LogP contribution < -0.4 is 10.2 Å². The maximum Gasteiger partial charge on any atom is 0.271 e. The van der Waals surface area contributed by atoms with E-state index >= 15 is 0 Å². The molecule has 1 N–H and O–H groups in total. The van der Waals surface area contributed by atoms with E-state index in [0.717, 1.165) is 24.3 Å². The molecule has 92 valence electrons. The molecule has 1 rings (SSSR count). The second-order valence-electron chi connectivity index (χ2n) is 3.55. The van der Waals surface area contributed by atoms with E-state index < -0.39 is 0 Å². The van der Waals surface area contributed by atoms with E-state index in [9.17, 15) is 4.79 Å². The third-order valence-corrected chi connectivity index (χ3v) is 2.48. The summed E-state index contributed by atoms with van der Waals surface area (Å²) in [7, 11) is 1.59. The van der Waals surface area contributed by atoms with Crippen LogP contribution in [0, 0.1) is 0 Å². The molecule has 0 saturated carbocycles. The minimum absolute atomic E-state index is 0.202. The highest BCUT2D eigenvalue weighted by atomic mass is 16.5. The summed E-state index contributed by atoms with van der Waals surface area (Å²) in [6.07, 6.45) is 1.69. The van der Waals surface area contributed by atoms with Gasteiger partial charge in [0.05, 0.1) is 7.11 Å². The van der Waals surface area contributed by atoms with Gasteiger partial charge in [-0.05, 0) is 37.1 Å². The highest BCUT2D eigenvalue weighted by Crippen LogP contribution is 2.11. The molecule has 17 heavy (non-hydrogen) atoms. The Morgan fingerprint density at radius 1 is 1.24 bits per heavy atom. The Morgan fingerprint density at radius 2 is 1.82 bits per heavy atom. The predicted molar refractivity (Wildman–Crippen MR) is 68.5 cm³/mol. The quantitative estimate of drug-likeness (QED) is 0.629. The van der Waals surface area contributed by atoms with Gasteiger partial charge < -0.3 is 4.74 Å². The molecule has 0 aliphatic rings. The standard InChI is InChI=1S/C13H18N2O2/c1-4-11(5-2)14-15-13(16)10-6-8-12(17-3)9-7-10/h6-9H,4-5H2,1-3H3,(H,15,16). The molecule has 0 atom stereocenters. The number of rotatable bonds is 5. The van der Waals surface area contributed by atoms with Crippen molar-refractivity contribution in [3.8, 4) is 5.75 Å². The number of methoxy groups -OCH3 is 1. The molecular weight excluding hydrogens is 216 g/mol. The fourth-order valence-corrected chi connectivity index (χ4v) is 1.34. The van der Waals surface area contributed by atoms with Gasteiger partial charge in [-0.3, -0.25) is 4.79 Å². The molecule has 4 nitrogen and oxygen atoms in total. The maximum atomic E-state index is 11.7. The van der Waals surface area contributed by atoms with E-state index in [0.29, 0.717) is 5.56 Å². The van der Waals surface area contributed by atoms with Crippen LogP contribution in [0.3, 0.4) is 0 Å². The van der Waals surface area contributed by atoms with Gasteiger partial charge in [0.15, 0.2) is 0 Å². The summed E-state index contributed by atoms with van der Waals surface area (Å²) in [6, 6.07) is 6.92. The van der Waals surface area contributed by atoms with Crippen molar-refractivity contribution in [3.05, 3.63) is 29.8 Å². The van der Waals surface area contributed by atoms with Gasteiger partial charge >= 0.3 is 0 Å². The Labute approximate surface area is 102 Å². The van der Waals surface area contributed by atoms with E-state index in [-0.39, 0.29) is 5.91 Å². The van der Waals surface area contributed by atoms with Crippen molar-refractivity contribution >= 4 is 11.6 Å². The van der Waals surface area contributed by atoms with Gasteiger partial charge in [-0.1, -0.05) is 13.8 Å². The van der Waals surface area contributed by atoms with Crippen molar-refractivity contribution in [2.75, 3.05) is 7.11 Å². The molecule has 1 aromatic rings. The maximum absolute atomic E-state index is 11.7. The summed E-state index contributed by atoms with van der Waals surface area (Å²) in [5.74, 6) is 0.528. The Balaban J connectivity index is 2.66. The molecule has 0 aliphatic heterocycles. The average molecular weight is 234 g/mol. The molecule has 0 radical (unpaired) electrons. The minimum atomic E-state index is -0.202. The fourth-order valence-electron chi connectivity index (χ4n) is 1.34. The first kappa shape index (κ1) is 13.2. The second-order valence-corrected chi connectivity index (χ2v) is 3.55. The van der Waals surface area contributed by atoms with Crippen molar-refractivity contribution < 1.29 is 9.53 Å². The number of benzene rings is 1. The van der Waals surface area contributed by atoms with Gasteiger partial charge in [-0.25, -0.2) is 5.43 Å². The Hall–Kier alpha value is -1.84. The molecule has 0 bridgehead atoms. The van der Waals surface area contributed by atoms with Crippen molar-refractivity contribution in [1.82, 2.24) is 5.43 Å². The molecule has 1 amide bonds. The first-order valence-corrected chi connectivity index (χ1v) is 5.71. The Morgan fingerprint density at radius 3 is 2.29 bits per heavy atom. The van der Waals surface area contributed by atoms with E-state index in [2.05, 4.69) is 10.5 Å². The number of hydrazone groups is 1. The van der Waals surface area contributed by atoms with Crippen LogP contribution in [0.4, 0.5) is 0 Å². The number of ether oxygens (including phenoxy) is 1. The SMILES string of the molecule is CCC(CC)=NNC(=O)c1ccc(OC)cc1. The van der Waals surface area contributed by atoms with E-state index in [1.807, 2.05) is 13.8 Å². The molecule has 0 aliphatic carbocycles. The van der Waals surface area contributed by atoms with Crippen molar-refractivity contribution in [2.45, 2.75) is 26.7 Å². The van der Waals surface area contributed by atoms with Gasteiger partial charge in [0.25, 0.3) is 5.91 Å². The predicted octanol–water partition coefficient (Wildman–Crippen LogP) is 2.60. The molecule has 0 unspecified atom stereocenters. The lowest BCUT2D eigenvalue weighted by atomic mass is 10.2. The van der Waals surface area contributed by atoms with Crippen LogP contribution >= 0.6 is 0 Å². The first-order valence-electron chi connectivity index (χ1n) is 5.71. The number of carbonyl (C=O) groups is 1. The fraction of sp³-hybridized carbons (Fsp3) is 0.385. The van der Waals surface area contributed by atoms with Crippen LogP contribution in [0.15, 0.2) is 29.4 Å². The molecule has 1 aromatic carbocycles. The van der Waals surface area contributed by atoms with Crippen molar-refractivity contribution in [1.29, 1.82) is 0 Å². The number of amides is 1. The van der Waals surface area contributed by atoms with Crippen molar-refractivity contribution in [3.63, 3.8) is 0 Å².